The standard InChI is InChI=1S/C15H9Br4NO/c16-7-1-10-11-2-8(17)4-13(19)15(11)20(5-9-6-21-9)14(10)12(18)3-7/h1-4,9H,5-6H2/t9-/m1/s1. The molecule has 6 heteroatoms. The molecule has 1 aliphatic heterocycles. The first kappa shape index (κ1) is 14.7. The van der Waals surface area contributed by atoms with Crippen LogP contribution in [0.25, 0.3) is 21.8 Å². The minimum Gasteiger partial charge on any atom is -0.371 e. The predicted octanol–water partition coefficient (Wildman–Crippen LogP) is 6.24. The van der Waals surface area contributed by atoms with Crippen LogP contribution in [0.4, 0.5) is 0 Å². The number of epoxide rings is 1. The molecule has 1 saturated heterocycles. The zero-order valence-corrected chi connectivity index (χ0v) is 17.0. The molecule has 2 heterocycles. The molecule has 0 spiro atoms. The fourth-order valence-corrected chi connectivity index (χ4v) is 5.64. The minimum absolute atomic E-state index is 0.329. The van der Waals surface area contributed by atoms with E-state index in [-0.39, 0.29) is 0 Å². The van der Waals surface area contributed by atoms with Gasteiger partial charge in [-0.15, -0.1) is 0 Å². The number of benzene rings is 2. The van der Waals surface area contributed by atoms with Crippen molar-refractivity contribution in [3.63, 3.8) is 0 Å². The Bertz CT molecular complexity index is 817. The highest BCUT2D eigenvalue weighted by molar-refractivity contribution is 9.11. The molecule has 0 bridgehead atoms. The lowest BCUT2D eigenvalue weighted by Gasteiger charge is -2.08. The van der Waals surface area contributed by atoms with Crippen LogP contribution >= 0.6 is 63.7 Å². The van der Waals surface area contributed by atoms with Gasteiger partial charge in [0.05, 0.1) is 30.3 Å². The summed E-state index contributed by atoms with van der Waals surface area (Å²) in [5.41, 5.74) is 2.42. The van der Waals surface area contributed by atoms with Gasteiger partial charge in [0.2, 0.25) is 0 Å². The van der Waals surface area contributed by atoms with Gasteiger partial charge in [0.25, 0.3) is 0 Å². The molecule has 0 amide bonds. The molecule has 1 aliphatic rings. The molecule has 108 valence electrons. The largest absolute Gasteiger partial charge is 0.371 e. The lowest BCUT2D eigenvalue weighted by molar-refractivity contribution is 0.387. The number of ether oxygens (including phenoxy) is 1. The molecule has 0 saturated carbocycles. The maximum absolute atomic E-state index is 5.44. The second kappa shape index (κ2) is 5.34. The van der Waals surface area contributed by atoms with Crippen LogP contribution in [0, 0.1) is 0 Å². The molecule has 0 unspecified atom stereocenters. The Kier molecular flexibility index (Phi) is 3.74. The van der Waals surface area contributed by atoms with Gasteiger partial charge >= 0.3 is 0 Å². The first-order valence-electron chi connectivity index (χ1n) is 6.42. The van der Waals surface area contributed by atoms with Crippen molar-refractivity contribution in [2.75, 3.05) is 6.61 Å². The highest BCUT2D eigenvalue weighted by Crippen LogP contribution is 2.41. The van der Waals surface area contributed by atoms with E-state index >= 15 is 0 Å². The molecule has 1 atom stereocenters. The topological polar surface area (TPSA) is 17.5 Å². The van der Waals surface area contributed by atoms with Crippen LogP contribution in [-0.2, 0) is 11.3 Å². The Morgan fingerprint density at radius 3 is 1.81 bits per heavy atom. The van der Waals surface area contributed by atoms with E-state index in [2.05, 4.69) is 92.6 Å². The summed E-state index contributed by atoms with van der Waals surface area (Å²) in [6.45, 7) is 1.73. The second-order valence-electron chi connectivity index (χ2n) is 5.13. The van der Waals surface area contributed by atoms with Gasteiger partial charge in [-0.25, -0.2) is 0 Å². The molecule has 0 aliphatic carbocycles. The summed E-state index contributed by atoms with van der Waals surface area (Å²) in [6.07, 6.45) is 0.329. The average molecular weight is 539 g/mol. The fourth-order valence-electron chi connectivity index (χ4n) is 2.76. The van der Waals surface area contributed by atoms with Crippen LogP contribution in [0.3, 0.4) is 0 Å². The van der Waals surface area contributed by atoms with Gasteiger partial charge in [-0.3, -0.25) is 0 Å². The number of nitrogens with zero attached hydrogens (tertiary/aromatic N) is 1. The summed E-state index contributed by atoms with van der Waals surface area (Å²) in [7, 11) is 0. The monoisotopic (exact) mass is 535 g/mol. The van der Waals surface area contributed by atoms with Crippen LogP contribution in [-0.4, -0.2) is 17.3 Å². The molecule has 21 heavy (non-hydrogen) atoms. The summed E-state index contributed by atoms with van der Waals surface area (Å²) < 4.78 is 12.1. The second-order valence-corrected chi connectivity index (χ2v) is 8.67. The SMILES string of the molecule is Brc1cc(Br)c2c(c1)c1cc(Br)cc(Br)c1n2C[C@@H]1CO1. The molecular formula is C15H9Br4NO. The first-order valence-corrected chi connectivity index (χ1v) is 9.59. The fraction of sp³-hybridized carbons (Fsp3) is 0.200. The van der Waals surface area contributed by atoms with E-state index in [4.69, 9.17) is 4.74 Å². The Morgan fingerprint density at radius 2 is 1.38 bits per heavy atom. The van der Waals surface area contributed by atoms with Crippen molar-refractivity contribution in [1.29, 1.82) is 0 Å². The molecule has 4 rings (SSSR count). The van der Waals surface area contributed by atoms with Crippen molar-refractivity contribution < 1.29 is 4.74 Å². The molecule has 1 fully saturated rings. The number of aromatic nitrogens is 1. The van der Waals surface area contributed by atoms with Crippen molar-refractivity contribution in [3.05, 3.63) is 42.2 Å². The van der Waals surface area contributed by atoms with Gasteiger partial charge in [0.1, 0.15) is 0 Å². The number of hydrogen-bond acceptors (Lipinski definition) is 1. The van der Waals surface area contributed by atoms with Gasteiger partial charge in [-0.1, -0.05) is 31.9 Å². The Morgan fingerprint density at radius 1 is 0.905 bits per heavy atom. The summed E-state index contributed by atoms with van der Waals surface area (Å²) in [6, 6.07) is 8.53. The van der Waals surface area contributed by atoms with Gasteiger partial charge < -0.3 is 9.30 Å². The third kappa shape index (κ3) is 2.53. The summed E-state index contributed by atoms with van der Waals surface area (Å²) in [4.78, 5) is 0. The van der Waals surface area contributed by atoms with Crippen molar-refractivity contribution in [1.82, 2.24) is 4.57 Å². The highest BCUT2D eigenvalue weighted by Gasteiger charge is 2.26. The quantitative estimate of drug-likeness (QED) is 0.353. The Labute approximate surface area is 155 Å². The lowest BCUT2D eigenvalue weighted by Crippen LogP contribution is -2.04. The minimum atomic E-state index is 0.329. The van der Waals surface area contributed by atoms with E-state index in [0.29, 0.717) is 6.10 Å². The van der Waals surface area contributed by atoms with Crippen LogP contribution in [0.1, 0.15) is 0 Å². The summed E-state index contributed by atoms with van der Waals surface area (Å²) in [5, 5.41) is 2.46. The summed E-state index contributed by atoms with van der Waals surface area (Å²) in [5.74, 6) is 0. The summed E-state index contributed by atoms with van der Waals surface area (Å²) >= 11 is 14.6. The number of hydrogen-bond donors (Lipinski definition) is 0. The zero-order chi connectivity index (χ0) is 14.7. The maximum Gasteiger partial charge on any atom is 0.0988 e. The number of halogens is 4. The van der Waals surface area contributed by atoms with Gasteiger partial charge in [-0.05, 0) is 56.1 Å². The molecule has 0 N–H and O–H groups in total. The van der Waals surface area contributed by atoms with E-state index in [9.17, 15) is 0 Å². The number of fused-ring (bicyclic) bond motifs is 3. The van der Waals surface area contributed by atoms with Gasteiger partial charge in [0.15, 0.2) is 0 Å². The van der Waals surface area contributed by atoms with Crippen LogP contribution in [0.5, 0.6) is 0 Å². The van der Waals surface area contributed by atoms with Crippen LogP contribution in [0.15, 0.2) is 42.2 Å². The predicted molar refractivity (Wildman–Crippen MR) is 100.0 cm³/mol. The van der Waals surface area contributed by atoms with E-state index in [1.165, 1.54) is 21.8 Å². The van der Waals surface area contributed by atoms with E-state index in [0.717, 1.165) is 31.0 Å². The lowest BCUT2D eigenvalue weighted by atomic mass is 10.1. The molecule has 2 aromatic carbocycles. The van der Waals surface area contributed by atoms with Crippen LogP contribution < -0.4 is 0 Å². The molecule has 3 aromatic rings. The Hall–Kier alpha value is 0.120. The van der Waals surface area contributed by atoms with Crippen LogP contribution in [0.2, 0.25) is 0 Å². The Balaban J connectivity index is 2.18. The third-order valence-electron chi connectivity index (χ3n) is 3.67. The van der Waals surface area contributed by atoms with Crippen molar-refractivity contribution in [2.45, 2.75) is 12.6 Å². The molecular weight excluding hydrogens is 530 g/mol. The van der Waals surface area contributed by atoms with Gasteiger partial charge in [-0.2, -0.15) is 0 Å². The van der Waals surface area contributed by atoms with E-state index in [1.54, 1.807) is 0 Å². The zero-order valence-electron chi connectivity index (χ0n) is 10.7. The van der Waals surface area contributed by atoms with Crippen molar-refractivity contribution >= 4 is 85.5 Å². The average Bonchev–Trinajstić information content (AvgIpc) is 3.14. The smallest absolute Gasteiger partial charge is 0.0988 e. The number of rotatable bonds is 2. The first-order chi connectivity index (χ1) is 10.0. The maximum atomic E-state index is 5.44. The highest BCUT2D eigenvalue weighted by atomic mass is 79.9. The van der Waals surface area contributed by atoms with Crippen molar-refractivity contribution in [2.24, 2.45) is 0 Å². The normalized spacial score (nSPS) is 17.8. The molecule has 0 radical (unpaired) electrons. The molecule has 2 nitrogen and oxygen atoms in total. The van der Waals surface area contributed by atoms with E-state index in [1.807, 2.05) is 0 Å². The molecule has 1 aromatic heterocycles. The van der Waals surface area contributed by atoms with Gasteiger partial charge in [0, 0.05) is 28.7 Å². The van der Waals surface area contributed by atoms with E-state index < -0.39 is 0 Å². The third-order valence-corrected chi connectivity index (χ3v) is 5.80. The van der Waals surface area contributed by atoms with Crippen molar-refractivity contribution in [3.8, 4) is 0 Å².